The molecule has 19 heavy (non-hydrogen) atoms. The first-order chi connectivity index (χ1) is 9.08. The molecule has 3 nitrogen and oxygen atoms in total. The van der Waals surface area contributed by atoms with Crippen LogP contribution in [0.15, 0.2) is 18.2 Å². The molecule has 0 N–H and O–H groups in total. The molecule has 1 rings (SSSR count). The highest BCUT2D eigenvalue weighted by atomic mass is 35.5. The second-order valence-electron chi connectivity index (χ2n) is 4.04. The van der Waals surface area contributed by atoms with E-state index in [0.717, 1.165) is 5.56 Å². The van der Waals surface area contributed by atoms with Crippen molar-refractivity contribution >= 4 is 16.8 Å². The topological polar surface area (TPSA) is 35.5 Å². The van der Waals surface area contributed by atoms with E-state index in [-0.39, 0.29) is 5.24 Å². The summed E-state index contributed by atoms with van der Waals surface area (Å²) in [6, 6.07) is 5.55. The number of rotatable bonds is 6. The van der Waals surface area contributed by atoms with Gasteiger partial charge in [-0.3, -0.25) is 4.79 Å². The molecule has 0 saturated carbocycles. The molecule has 0 bridgehead atoms. The highest BCUT2D eigenvalue weighted by Crippen LogP contribution is 2.27. The van der Waals surface area contributed by atoms with Crippen molar-refractivity contribution in [2.75, 3.05) is 14.2 Å². The van der Waals surface area contributed by atoms with Crippen LogP contribution in [0.3, 0.4) is 0 Å². The summed E-state index contributed by atoms with van der Waals surface area (Å²) in [7, 11) is 3.16. The zero-order valence-corrected chi connectivity index (χ0v) is 12.9. The minimum atomic E-state index is -0.329. The molecule has 1 aromatic carbocycles. The van der Waals surface area contributed by atoms with Crippen LogP contribution in [-0.2, 0) is 11.2 Å². The highest BCUT2D eigenvalue weighted by molar-refractivity contribution is 6.63. The minimum Gasteiger partial charge on any atom is -0.493 e. The molecule has 0 aliphatic carbocycles. The predicted molar refractivity (Wildman–Crippen MR) is 79.3 cm³/mol. The maximum Gasteiger partial charge on any atom is 0.221 e. The lowest BCUT2D eigenvalue weighted by molar-refractivity contribution is -0.111. The van der Waals surface area contributed by atoms with Crippen molar-refractivity contribution in [2.24, 2.45) is 0 Å². The average molecular weight is 287 g/mol. The van der Waals surface area contributed by atoms with Gasteiger partial charge in [0, 0.05) is 6.42 Å². The third-order valence-corrected chi connectivity index (χ3v) is 2.75. The van der Waals surface area contributed by atoms with Crippen molar-refractivity contribution in [1.29, 1.82) is 0 Å². The summed E-state index contributed by atoms with van der Waals surface area (Å²) in [5, 5.41) is -0.329. The van der Waals surface area contributed by atoms with E-state index in [2.05, 4.69) is 13.8 Å². The van der Waals surface area contributed by atoms with E-state index in [1.54, 1.807) is 14.2 Å². The van der Waals surface area contributed by atoms with E-state index in [1.165, 1.54) is 12.8 Å². The molecular formula is C15H23ClO3. The largest absolute Gasteiger partial charge is 0.493 e. The molecule has 0 radical (unpaired) electrons. The zero-order chi connectivity index (χ0) is 14.7. The SMILES string of the molecule is CCCC.COc1ccc(CCC(=O)Cl)cc1OC. The van der Waals surface area contributed by atoms with Gasteiger partial charge in [-0.1, -0.05) is 32.8 Å². The summed E-state index contributed by atoms with van der Waals surface area (Å²) in [5.74, 6) is 1.34. The van der Waals surface area contributed by atoms with Crippen molar-refractivity contribution in [2.45, 2.75) is 39.5 Å². The molecule has 1 aromatic rings. The standard InChI is InChI=1S/C11H13ClO3.C4H10/c1-14-9-5-3-8(4-6-11(12)13)7-10(9)15-2;1-3-4-2/h3,5,7H,4,6H2,1-2H3;3-4H2,1-2H3. The summed E-state index contributed by atoms with van der Waals surface area (Å²) in [6.07, 6.45) is 3.58. The van der Waals surface area contributed by atoms with Crippen molar-refractivity contribution < 1.29 is 14.3 Å². The van der Waals surface area contributed by atoms with Crippen LogP contribution < -0.4 is 9.47 Å². The Morgan fingerprint density at radius 3 is 2.11 bits per heavy atom. The molecule has 0 spiro atoms. The number of benzene rings is 1. The van der Waals surface area contributed by atoms with Gasteiger partial charge in [0.2, 0.25) is 5.24 Å². The minimum absolute atomic E-state index is 0.329. The van der Waals surface area contributed by atoms with E-state index in [1.807, 2.05) is 18.2 Å². The Morgan fingerprint density at radius 1 is 1.11 bits per heavy atom. The molecule has 108 valence electrons. The Morgan fingerprint density at radius 2 is 1.68 bits per heavy atom. The summed E-state index contributed by atoms with van der Waals surface area (Å²) in [5.41, 5.74) is 1.00. The van der Waals surface area contributed by atoms with Gasteiger partial charge in [0.25, 0.3) is 0 Å². The first-order valence-electron chi connectivity index (χ1n) is 6.48. The van der Waals surface area contributed by atoms with Crippen molar-refractivity contribution in [3.05, 3.63) is 23.8 Å². The molecule has 0 atom stereocenters. The van der Waals surface area contributed by atoms with Crippen molar-refractivity contribution in [3.63, 3.8) is 0 Å². The van der Waals surface area contributed by atoms with Crippen LogP contribution in [0.1, 0.15) is 38.7 Å². The van der Waals surface area contributed by atoms with Gasteiger partial charge in [0.15, 0.2) is 11.5 Å². The number of halogens is 1. The normalized spacial score (nSPS) is 9.32. The number of hydrogen-bond acceptors (Lipinski definition) is 3. The lowest BCUT2D eigenvalue weighted by Crippen LogP contribution is -1.95. The molecule has 0 amide bonds. The molecule has 0 aromatic heterocycles. The van der Waals surface area contributed by atoms with Crippen LogP contribution in [0.2, 0.25) is 0 Å². The van der Waals surface area contributed by atoms with E-state index >= 15 is 0 Å². The Balaban J connectivity index is 0.000000711. The maximum absolute atomic E-state index is 10.6. The van der Waals surface area contributed by atoms with Gasteiger partial charge >= 0.3 is 0 Å². The van der Waals surface area contributed by atoms with Gasteiger partial charge in [-0.2, -0.15) is 0 Å². The number of hydrogen-bond donors (Lipinski definition) is 0. The number of aryl methyl sites for hydroxylation is 1. The Kier molecular flexibility index (Phi) is 9.99. The predicted octanol–water partition coefficient (Wildman–Crippen LogP) is 4.21. The molecular weight excluding hydrogens is 264 g/mol. The molecule has 0 fully saturated rings. The van der Waals surface area contributed by atoms with E-state index in [0.29, 0.717) is 24.3 Å². The maximum atomic E-state index is 10.6. The Labute approximate surface area is 120 Å². The molecule has 0 aliphatic heterocycles. The summed E-state index contributed by atoms with van der Waals surface area (Å²) < 4.78 is 10.2. The van der Waals surface area contributed by atoms with Crippen LogP contribution in [-0.4, -0.2) is 19.5 Å². The number of carbonyl (C=O) groups is 1. The number of methoxy groups -OCH3 is 2. The lowest BCUT2D eigenvalue weighted by atomic mass is 10.1. The summed E-state index contributed by atoms with van der Waals surface area (Å²) in [4.78, 5) is 10.6. The van der Waals surface area contributed by atoms with Crippen LogP contribution in [0.25, 0.3) is 0 Å². The Bertz CT molecular complexity index is 376. The molecule has 0 aliphatic rings. The summed E-state index contributed by atoms with van der Waals surface area (Å²) in [6.45, 7) is 4.36. The number of ether oxygens (including phenoxy) is 2. The highest BCUT2D eigenvalue weighted by Gasteiger charge is 2.05. The van der Waals surface area contributed by atoms with E-state index < -0.39 is 0 Å². The second-order valence-corrected chi connectivity index (χ2v) is 4.47. The number of carbonyl (C=O) groups excluding carboxylic acids is 1. The quantitative estimate of drug-likeness (QED) is 0.735. The molecule has 0 heterocycles. The van der Waals surface area contributed by atoms with Crippen molar-refractivity contribution in [3.8, 4) is 11.5 Å². The van der Waals surface area contributed by atoms with Gasteiger partial charge in [0.05, 0.1) is 14.2 Å². The fourth-order valence-electron chi connectivity index (χ4n) is 1.28. The van der Waals surface area contributed by atoms with Crippen LogP contribution in [0.4, 0.5) is 0 Å². The number of unbranched alkanes of at least 4 members (excludes halogenated alkanes) is 1. The third kappa shape index (κ3) is 7.73. The monoisotopic (exact) mass is 286 g/mol. The van der Waals surface area contributed by atoms with Gasteiger partial charge in [-0.15, -0.1) is 0 Å². The Hall–Kier alpha value is -1.22. The third-order valence-electron chi connectivity index (χ3n) is 2.56. The molecule has 4 heteroatoms. The average Bonchev–Trinajstić information content (AvgIpc) is 2.44. The van der Waals surface area contributed by atoms with Crippen LogP contribution in [0.5, 0.6) is 11.5 Å². The van der Waals surface area contributed by atoms with Crippen molar-refractivity contribution in [1.82, 2.24) is 0 Å². The first kappa shape index (κ1) is 17.8. The first-order valence-corrected chi connectivity index (χ1v) is 6.86. The van der Waals surface area contributed by atoms with Gasteiger partial charge in [-0.25, -0.2) is 0 Å². The van der Waals surface area contributed by atoms with Gasteiger partial charge < -0.3 is 9.47 Å². The van der Waals surface area contributed by atoms with Gasteiger partial charge in [-0.05, 0) is 35.7 Å². The van der Waals surface area contributed by atoms with Crippen LogP contribution in [0, 0.1) is 0 Å². The molecule has 0 saturated heterocycles. The van der Waals surface area contributed by atoms with E-state index in [4.69, 9.17) is 21.1 Å². The fourth-order valence-corrected chi connectivity index (χ4v) is 1.37. The molecule has 0 unspecified atom stereocenters. The van der Waals surface area contributed by atoms with Crippen LogP contribution >= 0.6 is 11.6 Å². The smallest absolute Gasteiger partial charge is 0.221 e. The fraction of sp³-hybridized carbons (Fsp3) is 0.533. The summed E-state index contributed by atoms with van der Waals surface area (Å²) >= 11 is 5.27. The lowest BCUT2D eigenvalue weighted by Gasteiger charge is -2.08. The van der Waals surface area contributed by atoms with E-state index in [9.17, 15) is 4.79 Å². The zero-order valence-electron chi connectivity index (χ0n) is 12.2. The second kappa shape index (κ2) is 10.7. The van der Waals surface area contributed by atoms with Gasteiger partial charge in [0.1, 0.15) is 0 Å².